The number of hydrogen-bond donors (Lipinski definition) is 2. The maximum atomic E-state index is 13.0. The molecule has 3 rings (SSSR count). The van der Waals surface area contributed by atoms with Crippen LogP contribution in [-0.4, -0.2) is 59.1 Å². The van der Waals surface area contributed by atoms with E-state index < -0.39 is 11.6 Å². The van der Waals surface area contributed by atoms with Gasteiger partial charge in [0.25, 0.3) is 0 Å². The fraction of sp³-hybridized carbons (Fsp3) is 0.667. The summed E-state index contributed by atoms with van der Waals surface area (Å²) >= 11 is 0. The fourth-order valence-corrected chi connectivity index (χ4v) is 4.55. The molecule has 0 radical (unpaired) electrons. The van der Waals surface area contributed by atoms with Crippen LogP contribution in [0, 0.1) is 5.82 Å². The number of amides is 1. The van der Waals surface area contributed by atoms with Gasteiger partial charge >= 0.3 is 0 Å². The number of nitrogens with zero attached hydrogens (tertiary/aromatic N) is 2. The molecule has 0 saturated carbocycles. The first-order valence-electron chi connectivity index (χ1n) is 10.2. The van der Waals surface area contributed by atoms with Crippen LogP contribution >= 0.6 is 0 Å². The van der Waals surface area contributed by atoms with Crippen molar-refractivity contribution < 1.29 is 14.3 Å². The third-order valence-electron chi connectivity index (χ3n) is 6.31. The zero-order valence-electron chi connectivity index (χ0n) is 16.1. The van der Waals surface area contributed by atoms with Gasteiger partial charge in [0.1, 0.15) is 11.4 Å². The van der Waals surface area contributed by atoms with Crippen LogP contribution in [0.5, 0.6) is 0 Å². The van der Waals surface area contributed by atoms with Crippen LogP contribution in [-0.2, 0) is 4.79 Å². The molecule has 0 aliphatic carbocycles. The first-order valence-corrected chi connectivity index (χ1v) is 10.2. The Morgan fingerprint density at radius 1 is 1.11 bits per heavy atom. The van der Waals surface area contributed by atoms with Gasteiger partial charge in [-0.05, 0) is 75.9 Å². The highest BCUT2D eigenvalue weighted by molar-refractivity contribution is 5.84. The Bertz CT molecular complexity index is 608. The van der Waals surface area contributed by atoms with E-state index in [-0.39, 0.29) is 11.7 Å². The highest BCUT2D eigenvalue weighted by Gasteiger charge is 2.44. The molecule has 2 aliphatic heterocycles. The highest BCUT2D eigenvalue weighted by Crippen LogP contribution is 2.31. The standard InChI is InChI=1S/C21H32FN3O2/c22-18-8-6-17(7-9-18)19(26)5-4-12-24-15-10-21(11-16-24,20(23)27)25-13-2-1-3-14-25/h6-9,19,26H,1-5,10-16H2,(H2,23,27). The Morgan fingerprint density at radius 3 is 2.33 bits per heavy atom. The van der Waals surface area contributed by atoms with Crippen molar-refractivity contribution in [2.45, 2.75) is 56.6 Å². The molecule has 1 aromatic rings. The average Bonchev–Trinajstić information content (AvgIpc) is 2.69. The molecular formula is C21H32FN3O2. The second kappa shape index (κ2) is 9.13. The van der Waals surface area contributed by atoms with Gasteiger partial charge in [-0.1, -0.05) is 18.6 Å². The maximum Gasteiger partial charge on any atom is 0.238 e. The number of halogens is 1. The summed E-state index contributed by atoms with van der Waals surface area (Å²) < 4.78 is 13.0. The molecule has 6 heteroatoms. The summed E-state index contributed by atoms with van der Waals surface area (Å²) in [6.07, 6.45) is 6.09. The van der Waals surface area contributed by atoms with Crippen LogP contribution in [0.4, 0.5) is 4.39 Å². The zero-order valence-corrected chi connectivity index (χ0v) is 16.1. The number of aliphatic hydroxyl groups is 1. The summed E-state index contributed by atoms with van der Waals surface area (Å²) in [5.74, 6) is -0.457. The van der Waals surface area contributed by atoms with Crippen molar-refractivity contribution in [2.75, 3.05) is 32.7 Å². The number of hydrogen-bond acceptors (Lipinski definition) is 4. The fourth-order valence-electron chi connectivity index (χ4n) is 4.55. The van der Waals surface area contributed by atoms with Gasteiger partial charge in [-0.25, -0.2) is 4.39 Å². The van der Waals surface area contributed by atoms with E-state index in [1.165, 1.54) is 18.6 Å². The van der Waals surface area contributed by atoms with E-state index in [2.05, 4.69) is 9.80 Å². The topological polar surface area (TPSA) is 69.8 Å². The molecule has 27 heavy (non-hydrogen) atoms. The maximum absolute atomic E-state index is 13.0. The number of carbonyl (C=O) groups excluding carboxylic acids is 1. The van der Waals surface area contributed by atoms with E-state index in [0.29, 0.717) is 6.42 Å². The summed E-state index contributed by atoms with van der Waals surface area (Å²) in [6.45, 7) is 4.59. The second-order valence-electron chi connectivity index (χ2n) is 7.99. The molecule has 0 bridgehead atoms. The number of rotatable bonds is 7. The molecular weight excluding hydrogens is 345 g/mol. The third kappa shape index (κ3) is 4.86. The molecule has 1 amide bonds. The van der Waals surface area contributed by atoms with Crippen molar-refractivity contribution in [3.05, 3.63) is 35.6 Å². The minimum Gasteiger partial charge on any atom is -0.388 e. The molecule has 150 valence electrons. The van der Waals surface area contributed by atoms with Gasteiger partial charge in [0.15, 0.2) is 0 Å². The molecule has 2 aliphatic rings. The normalized spacial score (nSPS) is 22.4. The Kier molecular flexibility index (Phi) is 6.84. The zero-order chi connectivity index (χ0) is 19.3. The van der Waals surface area contributed by atoms with E-state index in [4.69, 9.17) is 5.73 Å². The van der Waals surface area contributed by atoms with Crippen LogP contribution in [0.15, 0.2) is 24.3 Å². The lowest BCUT2D eigenvalue weighted by atomic mass is 9.83. The number of primary amides is 1. The van der Waals surface area contributed by atoms with Crippen molar-refractivity contribution in [3.8, 4) is 0 Å². The van der Waals surface area contributed by atoms with Crippen molar-refractivity contribution in [3.63, 3.8) is 0 Å². The molecule has 1 atom stereocenters. The van der Waals surface area contributed by atoms with Gasteiger partial charge in [0.05, 0.1) is 6.10 Å². The number of aliphatic hydroxyl groups excluding tert-OH is 1. The van der Waals surface area contributed by atoms with Crippen LogP contribution in [0.1, 0.15) is 56.6 Å². The quantitative estimate of drug-likeness (QED) is 0.766. The third-order valence-corrected chi connectivity index (χ3v) is 6.31. The lowest BCUT2D eigenvalue weighted by molar-refractivity contribution is -0.135. The highest BCUT2D eigenvalue weighted by atomic mass is 19.1. The molecule has 0 spiro atoms. The summed E-state index contributed by atoms with van der Waals surface area (Å²) in [7, 11) is 0. The summed E-state index contributed by atoms with van der Waals surface area (Å²) in [4.78, 5) is 17.0. The molecule has 2 saturated heterocycles. The first-order chi connectivity index (χ1) is 13.0. The van der Waals surface area contributed by atoms with E-state index >= 15 is 0 Å². The average molecular weight is 378 g/mol. The Labute approximate surface area is 161 Å². The van der Waals surface area contributed by atoms with Crippen LogP contribution in [0.2, 0.25) is 0 Å². The first kappa shape index (κ1) is 20.2. The SMILES string of the molecule is NC(=O)C1(N2CCCCC2)CCN(CCCC(O)c2ccc(F)cc2)CC1. The predicted molar refractivity (Wildman–Crippen MR) is 104 cm³/mol. The number of benzene rings is 1. The minimum absolute atomic E-state index is 0.171. The molecule has 2 heterocycles. The van der Waals surface area contributed by atoms with Crippen molar-refractivity contribution >= 4 is 5.91 Å². The summed E-state index contributed by atoms with van der Waals surface area (Å²) in [5.41, 5.74) is 6.12. The van der Waals surface area contributed by atoms with Gasteiger partial charge in [0.2, 0.25) is 5.91 Å². The number of nitrogens with two attached hydrogens (primary N) is 1. The van der Waals surface area contributed by atoms with Crippen LogP contribution in [0.25, 0.3) is 0 Å². The lowest BCUT2D eigenvalue weighted by Gasteiger charge is -2.48. The molecule has 5 nitrogen and oxygen atoms in total. The van der Waals surface area contributed by atoms with E-state index in [9.17, 15) is 14.3 Å². The molecule has 2 fully saturated rings. The number of likely N-dealkylation sites (tertiary alicyclic amines) is 2. The molecule has 3 N–H and O–H groups in total. The Morgan fingerprint density at radius 2 is 1.74 bits per heavy atom. The predicted octanol–water partition coefficient (Wildman–Crippen LogP) is 2.45. The van der Waals surface area contributed by atoms with E-state index in [0.717, 1.165) is 70.4 Å². The van der Waals surface area contributed by atoms with Gasteiger partial charge in [-0.3, -0.25) is 9.69 Å². The summed E-state index contributed by atoms with van der Waals surface area (Å²) in [5, 5.41) is 10.3. The van der Waals surface area contributed by atoms with Crippen molar-refractivity contribution in [1.82, 2.24) is 9.80 Å². The number of piperidine rings is 2. The smallest absolute Gasteiger partial charge is 0.238 e. The van der Waals surface area contributed by atoms with Gasteiger partial charge in [0, 0.05) is 13.1 Å². The van der Waals surface area contributed by atoms with Crippen molar-refractivity contribution in [1.29, 1.82) is 0 Å². The van der Waals surface area contributed by atoms with Crippen molar-refractivity contribution in [2.24, 2.45) is 5.73 Å². The molecule has 1 aromatic carbocycles. The van der Waals surface area contributed by atoms with E-state index in [1.807, 2.05) is 0 Å². The monoisotopic (exact) mass is 377 g/mol. The second-order valence-corrected chi connectivity index (χ2v) is 7.99. The molecule has 1 unspecified atom stereocenters. The lowest BCUT2D eigenvalue weighted by Crippen LogP contribution is -2.63. The summed E-state index contributed by atoms with van der Waals surface area (Å²) in [6, 6.07) is 6.04. The minimum atomic E-state index is -0.562. The largest absolute Gasteiger partial charge is 0.388 e. The number of carbonyl (C=O) groups is 1. The van der Waals surface area contributed by atoms with Gasteiger partial charge < -0.3 is 15.7 Å². The van der Waals surface area contributed by atoms with E-state index in [1.54, 1.807) is 12.1 Å². The Hall–Kier alpha value is -1.50. The van der Waals surface area contributed by atoms with Gasteiger partial charge in [-0.15, -0.1) is 0 Å². The molecule has 0 aromatic heterocycles. The van der Waals surface area contributed by atoms with Crippen LogP contribution < -0.4 is 5.73 Å². The van der Waals surface area contributed by atoms with Crippen LogP contribution in [0.3, 0.4) is 0 Å². The Balaban J connectivity index is 1.45. The van der Waals surface area contributed by atoms with Gasteiger partial charge in [-0.2, -0.15) is 0 Å².